The molecule has 4 heteroatoms. The molecule has 0 bridgehead atoms. The molecular formula is C13H16N2O2. The smallest absolute Gasteiger partial charge is 0.228 e. The average Bonchev–Trinajstić information content (AvgIpc) is 2.63. The summed E-state index contributed by atoms with van der Waals surface area (Å²) in [6.07, 6.45) is 1.43. The quantitative estimate of drug-likeness (QED) is 0.806. The summed E-state index contributed by atoms with van der Waals surface area (Å²) in [6.45, 7) is 2.15. The lowest BCUT2D eigenvalue weighted by molar-refractivity contribution is -0.115. The van der Waals surface area contributed by atoms with E-state index in [4.69, 9.17) is 10.5 Å². The van der Waals surface area contributed by atoms with Crippen LogP contribution in [0.25, 0.3) is 0 Å². The lowest BCUT2D eigenvalue weighted by Crippen LogP contribution is -2.49. The molecule has 1 fully saturated rings. The molecule has 17 heavy (non-hydrogen) atoms. The molecule has 0 atom stereocenters. The summed E-state index contributed by atoms with van der Waals surface area (Å²) in [5, 5.41) is 2.84. The molecule has 0 aliphatic carbocycles. The molecule has 2 aliphatic rings. The van der Waals surface area contributed by atoms with Crippen LogP contribution in [0.2, 0.25) is 0 Å². The minimum Gasteiger partial charge on any atom is -0.380 e. The van der Waals surface area contributed by atoms with Gasteiger partial charge in [-0.1, -0.05) is 12.1 Å². The lowest BCUT2D eigenvalue weighted by atomic mass is 9.79. The van der Waals surface area contributed by atoms with Crippen LogP contribution in [0.3, 0.4) is 0 Å². The van der Waals surface area contributed by atoms with Crippen LogP contribution in [0.4, 0.5) is 5.69 Å². The maximum Gasteiger partial charge on any atom is 0.228 e. The Labute approximate surface area is 100 Å². The molecular weight excluding hydrogens is 216 g/mol. The van der Waals surface area contributed by atoms with Crippen molar-refractivity contribution in [3.63, 3.8) is 0 Å². The number of hydrogen-bond donors (Lipinski definition) is 2. The first-order valence-corrected chi connectivity index (χ1v) is 5.90. The van der Waals surface area contributed by atoms with Crippen LogP contribution in [0.1, 0.15) is 11.1 Å². The summed E-state index contributed by atoms with van der Waals surface area (Å²) >= 11 is 0. The van der Waals surface area contributed by atoms with Crippen molar-refractivity contribution in [3.8, 4) is 0 Å². The molecule has 0 saturated carbocycles. The number of benzene rings is 1. The second-order valence-electron chi connectivity index (χ2n) is 5.09. The van der Waals surface area contributed by atoms with Gasteiger partial charge in [0, 0.05) is 17.6 Å². The third-order valence-corrected chi connectivity index (χ3v) is 3.62. The van der Waals surface area contributed by atoms with E-state index in [2.05, 4.69) is 17.4 Å². The molecule has 0 radical (unpaired) electrons. The first-order chi connectivity index (χ1) is 8.21. The average molecular weight is 232 g/mol. The van der Waals surface area contributed by atoms with Gasteiger partial charge in [-0.3, -0.25) is 4.79 Å². The Balaban J connectivity index is 1.81. The van der Waals surface area contributed by atoms with Crippen LogP contribution < -0.4 is 11.1 Å². The van der Waals surface area contributed by atoms with Gasteiger partial charge >= 0.3 is 0 Å². The number of carbonyl (C=O) groups is 1. The van der Waals surface area contributed by atoms with E-state index in [1.807, 2.05) is 6.07 Å². The number of nitrogens with one attached hydrogen (secondary N) is 1. The highest BCUT2D eigenvalue weighted by atomic mass is 16.5. The SMILES string of the molecule is NCC1(Cc2ccc3c(c2)CC(=O)N3)COC1. The van der Waals surface area contributed by atoms with Gasteiger partial charge < -0.3 is 15.8 Å². The normalized spacial score (nSPS) is 20.6. The number of carbonyl (C=O) groups excluding carboxylic acids is 1. The number of nitrogens with two attached hydrogens (primary N) is 1. The molecule has 3 N–H and O–H groups in total. The van der Waals surface area contributed by atoms with Crippen molar-refractivity contribution in [1.29, 1.82) is 0 Å². The van der Waals surface area contributed by atoms with Crippen molar-refractivity contribution >= 4 is 11.6 Å². The van der Waals surface area contributed by atoms with E-state index in [9.17, 15) is 4.79 Å². The van der Waals surface area contributed by atoms with Crippen molar-refractivity contribution in [2.45, 2.75) is 12.8 Å². The summed E-state index contributed by atoms with van der Waals surface area (Å²) in [5.74, 6) is 0.0812. The summed E-state index contributed by atoms with van der Waals surface area (Å²) < 4.78 is 5.26. The Morgan fingerprint density at radius 1 is 1.41 bits per heavy atom. The first kappa shape index (κ1) is 10.7. The van der Waals surface area contributed by atoms with Crippen molar-refractivity contribution in [3.05, 3.63) is 29.3 Å². The zero-order valence-corrected chi connectivity index (χ0v) is 9.66. The summed E-state index contributed by atoms with van der Waals surface area (Å²) in [6, 6.07) is 6.17. The predicted molar refractivity (Wildman–Crippen MR) is 64.8 cm³/mol. The molecule has 0 spiro atoms. The van der Waals surface area contributed by atoms with Gasteiger partial charge in [0.2, 0.25) is 5.91 Å². The van der Waals surface area contributed by atoms with Gasteiger partial charge in [0.05, 0.1) is 19.6 Å². The molecule has 1 amide bonds. The van der Waals surface area contributed by atoms with Gasteiger partial charge in [0.15, 0.2) is 0 Å². The standard InChI is InChI=1S/C13H16N2O2/c14-6-13(7-17-8-13)5-9-1-2-11-10(3-9)4-12(16)15-11/h1-3H,4-8,14H2,(H,15,16). The molecule has 3 rings (SSSR count). The maximum atomic E-state index is 11.3. The van der Waals surface area contributed by atoms with E-state index in [1.165, 1.54) is 5.56 Å². The van der Waals surface area contributed by atoms with Gasteiger partial charge in [-0.05, 0) is 23.6 Å². The van der Waals surface area contributed by atoms with Crippen LogP contribution in [-0.2, 0) is 22.4 Å². The number of fused-ring (bicyclic) bond motifs is 1. The van der Waals surface area contributed by atoms with Gasteiger partial charge in [-0.2, -0.15) is 0 Å². The molecule has 0 unspecified atom stereocenters. The Hall–Kier alpha value is -1.39. The van der Waals surface area contributed by atoms with Crippen molar-refractivity contribution in [1.82, 2.24) is 0 Å². The molecule has 1 aromatic carbocycles. The number of ether oxygens (including phenoxy) is 1. The predicted octanol–water partition coefficient (Wildman–Crippen LogP) is 0.699. The van der Waals surface area contributed by atoms with Crippen LogP contribution in [0, 0.1) is 5.41 Å². The van der Waals surface area contributed by atoms with Crippen LogP contribution >= 0.6 is 0 Å². The summed E-state index contributed by atoms with van der Waals surface area (Å²) in [7, 11) is 0. The number of amides is 1. The third kappa shape index (κ3) is 1.83. The Morgan fingerprint density at radius 3 is 2.88 bits per heavy atom. The van der Waals surface area contributed by atoms with Crippen LogP contribution in [0.15, 0.2) is 18.2 Å². The Morgan fingerprint density at radius 2 is 2.24 bits per heavy atom. The van der Waals surface area contributed by atoms with E-state index < -0.39 is 0 Å². The molecule has 4 nitrogen and oxygen atoms in total. The zero-order chi connectivity index (χ0) is 11.9. The van der Waals surface area contributed by atoms with Gasteiger partial charge in [-0.25, -0.2) is 0 Å². The van der Waals surface area contributed by atoms with E-state index in [-0.39, 0.29) is 11.3 Å². The van der Waals surface area contributed by atoms with E-state index in [0.29, 0.717) is 13.0 Å². The summed E-state index contributed by atoms with van der Waals surface area (Å²) in [5.41, 5.74) is 9.21. The minimum atomic E-state index is 0.0812. The van der Waals surface area contributed by atoms with Gasteiger partial charge in [0.25, 0.3) is 0 Å². The second-order valence-corrected chi connectivity index (χ2v) is 5.09. The molecule has 1 saturated heterocycles. The van der Waals surface area contributed by atoms with Crippen LogP contribution in [-0.4, -0.2) is 25.7 Å². The van der Waals surface area contributed by atoms with Crippen molar-refractivity contribution < 1.29 is 9.53 Å². The maximum absolute atomic E-state index is 11.3. The van der Waals surface area contributed by atoms with Gasteiger partial charge in [-0.15, -0.1) is 0 Å². The largest absolute Gasteiger partial charge is 0.380 e. The highest BCUT2D eigenvalue weighted by molar-refractivity contribution is 5.99. The highest BCUT2D eigenvalue weighted by Crippen LogP contribution is 2.32. The topological polar surface area (TPSA) is 64.4 Å². The van der Waals surface area contributed by atoms with Gasteiger partial charge in [0.1, 0.15) is 0 Å². The molecule has 90 valence electrons. The zero-order valence-electron chi connectivity index (χ0n) is 9.66. The molecule has 0 aromatic heterocycles. The number of rotatable bonds is 3. The monoisotopic (exact) mass is 232 g/mol. The molecule has 1 aromatic rings. The van der Waals surface area contributed by atoms with Crippen molar-refractivity contribution in [2.24, 2.45) is 11.1 Å². The first-order valence-electron chi connectivity index (χ1n) is 5.90. The third-order valence-electron chi connectivity index (χ3n) is 3.62. The molecule has 2 aliphatic heterocycles. The fraction of sp³-hybridized carbons (Fsp3) is 0.462. The Kier molecular flexibility index (Phi) is 2.42. The second kappa shape index (κ2) is 3.82. The molecule has 2 heterocycles. The van der Waals surface area contributed by atoms with Crippen molar-refractivity contribution in [2.75, 3.05) is 25.1 Å². The highest BCUT2D eigenvalue weighted by Gasteiger charge is 2.37. The number of hydrogen-bond acceptors (Lipinski definition) is 3. The Bertz CT molecular complexity index is 461. The van der Waals surface area contributed by atoms with E-state index >= 15 is 0 Å². The number of anilines is 1. The van der Waals surface area contributed by atoms with E-state index in [0.717, 1.165) is 30.9 Å². The summed E-state index contributed by atoms with van der Waals surface area (Å²) in [4.78, 5) is 11.3. The van der Waals surface area contributed by atoms with Crippen LogP contribution in [0.5, 0.6) is 0 Å². The van der Waals surface area contributed by atoms with E-state index in [1.54, 1.807) is 0 Å². The lowest BCUT2D eigenvalue weighted by Gasteiger charge is -2.40. The minimum absolute atomic E-state index is 0.0812. The fourth-order valence-corrected chi connectivity index (χ4v) is 2.51. The fourth-order valence-electron chi connectivity index (χ4n) is 2.51.